The molecule has 132 valence electrons. The Morgan fingerprint density at radius 1 is 1.40 bits per heavy atom. The van der Waals surface area contributed by atoms with E-state index in [9.17, 15) is 4.79 Å². The molecule has 0 radical (unpaired) electrons. The smallest absolute Gasteiger partial charge is 0.257 e. The first kappa shape index (κ1) is 16.1. The molecule has 0 spiro atoms. The number of piperidine rings is 1. The van der Waals surface area contributed by atoms with Crippen LogP contribution in [0.25, 0.3) is 0 Å². The largest absolute Gasteiger partial charge is 0.477 e. The van der Waals surface area contributed by atoms with E-state index in [4.69, 9.17) is 13.9 Å². The maximum absolute atomic E-state index is 12.7. The number of furan rings is 1. The van der Waals surface area contributed by atoms with Crippen LogP contribution >= 0.6 is 0 Å². The summed E-state index contributed by atoms with van der Waals surface area (Å²) < 4.78 is 17.1. The van der Waals surface area contributed by atoms with Gasteiger partial charge in [-0.25, -0.2) is 4.98 Å². The van der Waals surface area contributed by atoms with Gasteiger partial charge < -0.3 is 18.8 Å². The van der Waals surface area contributed by atoms with Crippen LogP contribution in [0.15, 0.2) is 47.4 Å². The second-order valence-corrected chi connectivity index (χ2v) is 6.81. The molecule has 4 heterocycles. The molecule has 2 aliphatic heterocycles. The summed E-state index contributed by atoms with van der Waals surface area (Å²) >= 11 is 0. The third-order valence-electron chi connectivity index (χ3n) is 5.19. The fourth-order valence-electron chi connectivity index (χ4n) is 3.89. The molecule has 2 atom stereocenters. The lowest BCUT2D eigenvalue weighted by Gasteiger charge is -2.50. The number of ether oxygens (including phenoxy) is 2. The van der Waals surface area contributed by atoms with Crippen molar-refractivity contribution in [1.82, 2.24) is 9.88 Å². The topological polar surface area (TPSA) is 64.8 Å². The molecule has 0 aliphatic carbocycles. The molecule has 2 saturated heterocycles. The van der Waals surface area contributed by atoms with Crippen molar-refractivity contribution in [3.63, 3.8) is 0 Å². The average molecular weight is 342 g/mol. The molecule has 6 nitrogen and oxygen atoms in total. The van der Waals surface area contributed by atoms with Crippen molar-refractivity contribution in [3.8, 4) is 5.88 Å². The van der Waals surface area contributed by atoms with Gasteiger partial charge in [0.2, 0.25) is 5.88 Å². The third kappa shape index (κ3) is 3.26. The molecule has 2 aromatic heterocycles. The van der Waals surface area contributed by atoms with Crippen molar-refractivity contribution in [2.75, 3.05) is 26.3 Å². The normalized spacial score (nSPS) is 26.1. The van der Waals surface area contributed by atoms with Crippen molar-refractivity contribution in [1.29, 1.82) is 0 Å². The minimum Gasteiger partial charge on any atom is -0.477 e. The quantitative estimate of drug-likeness (QED) is 0.855. The molecule has 2 aliphatic rings. The van der Waals surface area contributed by atoms with E-state index in [2.05, 4.69) is 4.98 Å². The highest BCUT2D eigenvalue weighted by Gasteiger charge is 2.48. The predicted molar refractivity (Wildman–Crippen MR) is 90.4 cm³/mol. The predicted octanol–water partition coefficient (Wildman–Crippen LogP) is 2.76. The maximum atomic E-state index is 12.7. The maximum Gasteiger partial charge on any atom is 0.257 e. The number of likely N-dealkylation sites (tertiary alicyclic amines) is 1. The molecule has 4 rings (SSSR count). The summed E-state index contributed by atoms with van der Waals surface area (Å²) in [4.78, 5) is 18.9. The van der Waals surface area contributed by atoms with Crippen molar-refractivity contribution >= 4 is 5.91 Å². The number of rotatable bonds is 4. The van der Waals surface area contributed by atoms with Gasteiger partial charge in [0.1, 0.15) is 6.26 Å². The van der Waals surface area contributed by atoms with E-state index in [1.807, 2.05) is 23.1 Å². The van der Waals surface area contributed by atoms with Crippen LogP contribution in [0, 0.1) is 5.41 Å². The lowest BCUT2D eigenvalue weighted by molar-refractivity contribution is -0.133. The molecule has 0 N–H and O–H groups in total. The van der Waals surface area contributed by atoms with E-state index in [-0.39, 0.29) is 17.4 Å². The Labute approximate surface area is 146 Å². The van der Waals surface area contributed by atoms with Crippen LogP contribution in [0.5, 0.6) is 5.88 Å². The van der Waals surface area contributed by atoms with E-state index < -0.39 is 0 Å². The molecule has 0 saturated carbocycles. The fourth-order valence-corrected chi connectivity index (χ4v) is 3.89. The number of nitrogens with zero attached hydrogens (tertiary/aromatic N) is 2. The summed E-state index contributed by atoms with van der Waals surface area (Å²) in [5.41, 5.74) is 0.406. The minimum absolute atomic E-state index is 0.00924. The highest BCUT2D eigenvalue weighted by atomic mass is 16.5. The summed E-state index contributed by atoms with van der Waals surface area (Å²) in [5.74, 6) is 0.620. The Hall–Kier alpha value is -2.34. The highest BCUT2D eigenvalue weighted by Crippen LogP contribution is 2.40. The summed E-state index contributed by atoms with van der Waals surface area (Å²) in [7, 11) is 0. The lowest BCUT2D eigenvalue weighted by atomic mass is 9.73. The first-order valence-electron chi connectivity index (χ1n) is 8.74. The van der Waals surface area contributed by atoms with E-state index >= 15 is 0 Å². The van der Waals surface area contributed by atoms with Crippen LogP contribution in [-0.4, -0.2) is 48.2 Å². The van der Waals surface area contributed by atoms with Gasteiger partial charge in [-0.05, 0) is 31.4 Å². The first-order chi connectivity index (χ1) is 12.3. The van der Waals surface area contributed by atoms with E-state index in [0.29, 0.717) is 31.1 Å². The molecule has 2 fully saturated rings. The Kier molecular flexibility index (Phi) is 4.44. The minimum atomic E-state index is -0.187. The van der Waals surface area contributed by atoms with Gasteiger partial charge in [0.05, 0.1) is 24.5 Å². The van der Waals surface area contributed by atoms with Crippen LogP contribution in [0.2, 0.25) is 0 Å². The Morgan fingerprint density at radius 3 is 3.16 bits per heavy atom. The van der Waals surface area contributed by atoms with Crippen molar-refractivity contribution in [2.45, 2.75) is 25.4 Å². The summed E-state index contributed by atoms with van der Waals surface area (Å²) in [6, 6.07) is 7.34. The Bertz CT molecular complexity index is 703. The summed E-state index contributed by atoms with van der Waals surface area (Å²) in [6.45, 7) is 2.62. The van der Waals surface area contributed by atoms with Gasteiger partial charge in [-0.15, -0.1) is 0 Å². The zero-order chi connectivity index (χ0) is 17.1. The van der Waals surface area contributed by atoms with Crippen LogP contribution in [-0.2, 0) is 4.74 Å². The molecule has 1 amide bonds. The number of carbonyl (C=O) groups excluding carboxylic acids is 1. The molecule has 6 heteroatoms. The van der Waals surface area contributed by atoms with Crippen molar-refractivity contribution in [2.24, 2.45) is 5.41 Å². The number of pyridine rings is 1. The van der Waals surface area contributed by atoms with Crippen molar-refractivity contribution < 1.29 is 18.7 Å². The molecule has 0 bridgehead atoms. The van der Waals surface area contributed by atoms with Gasteiger partial charge in [0.25, 0.3) is 5.91 Å². The number of amides is 1. The van der Waals surface area contributed by atoms with Crippen LogP contribution in [0.1, 0.15) is 29.6 Å². The van der Waals surface area contributed by atoms with Gasteiger partial charge in [-0.1, -0.05) is 6.07 Å². The van der Waals surface area contributed by atoms with Crippen LogP contribution in [0.4, 0.5) is 0 Å². The lowest BCUT2D eigenvalue weighted by Crippen LogP contribution is -2.58. The van der Waals surface area contributed by atoms with Crippen LogP contribution < -0.4 is 4.74 Å². The average Bonchev–Trinajstić information content (AvgIpc) is 3.21. The van der Waals surface area contributed by atoms with Gasteiger partial charge in [0.15, 0.2) is 0 Å². The van der Waals surface area contributed by atoms with Crippen LogP contribution in [0.3, 0.4) is 0 Å². The standard InChI is InChI=1S/C19H22N2O4/c22-18(15-6-11-23-12-15)21-9-5-16-19(13-21,7-3-10-24-16)14-25-17-4-1-2-8-20-17/h1-2,4,6,8,11-12,16H,3,5,7,9-10,13-14H2/t16-,19-/m0/s1. The molecular formula is C19H22N2O4. The number of hydrogen-bond donors (Lipinski definition) is 0. The Balaban J connectivity index is 1.51. The highest BCUT2D eigenvalue weighted by molar-refractivity contribution is 5.93. The molecular weight excluding hydrogens is 320 g/mol. The zero-order valence-electron chi connectivity index (χ0n) is 14.1. The third-order valence-corrected chi connectivity index (χ3v) is 5.19. The SMILES string of the molecule is O=C(c1ccoc1)N1CC[C@@H]2OCCC[C@@]2(COc2ccccn2)C1. The number of fused-ring (bicyclic) bond motifs is 1. The fraction of sp³-hybridized carbons (Fsp3) is 0.474. The number of carbonyl (C=O) groups is 1. The van der Waals surface area contributed by atoms with E-state index in [1.165, 1.54) is 12.5 Å². The van der Waals surface area contributed by atoms with E-state index in [0.717, 1.165) is 25.9 Å². The monoisotopic (exact) mass is 342 g/mol. The molecule has 2 aromatic rings. The molecule has 25 heavy (non-hydrogen) atoms. The number of hydrogen-bond acceptors (Lipinski definition) is 5. The van der Waals surface area contributed by atoms with Gasteiger partial charge in [-0.2, -0.15) is 0 Å². The number of aromatic nitrogens is 1. The molecule has 0 aromatic carbocycles. The van der Waals surface area contributed by atoms with Gasteiger partial charge in [0, 0.05) is 37.4 Å². The molecule has 0 unspecified atom stereocenters. The summed E-state index contributed by atoms with van der Waals surface area (Å²) in [5, 5.41) is 0. The van der Waals surface area contributed by atoms with Crippen molar-refractivity contribution in [3.05, 3.63) is 48.6 Å². The van der Waals surface area contributed by atoms with E-state index in [1.54, 1.807) is 12.3 Å². The second-order valence-electron chi connectivity index (χ2n) is 6.81. The van der Waals surface area contributed by atoms with Gasteiger partial charge in [-0.3, -0.25) is 4.79 Å². The second kappa shape index (κ2) is 6.88. The summed E-state index contributed by atoms with van der Waals surface area (Å²) in [6.07, 6.45) is 7.67. The Morgan fingerprint density at radius 2 is 2.36 bits per heavy atom. The van der Waals surface area contributed by atoms with Gasteiger partial charge >= 0.3 is 0 Å². The first-order valence-corrected chi connectivity index (χ1v) is 8.74. The zero-order valence-corrected chi connectivity index (χ0v) is 14.1.